The molecule has 30 heavy (non-hydrogen) atoms. The average Bonchev–Trinajstić information content (AvgIpc) is 2.82. The molecule has 0 atom stereocenters. The van der Waals surface area contributed by atoms with Crippen LogP contribution in [0.25, 0.3) is 0 Å². The van der Waals surface area contributed by atoms with Crippen molar-refractivity contribution in [3.05, 3.63) is 121 Å². The first-order valence-electron chi connectivity index (χ1n) is 10.5. The number of hydrogen-bond donors (Lipinski definition) is 0. The van der Waals surface area contributed by atoms with Gasteiger partial charge in [-0.1, -0.05) is 128 Å². The molecule has 0 amide bonds. The molecule has 0 aromatic heterocycles. The monoisotopic (exact) mass is 427 g/mol. The van der Waals surface area contributed by atoms with Gasteiger partial charge in [-0.25, -0.2) is 4.44 Å². The van der Waals surface area contributed by atoms with Crippen LogP contribution in [0.15, 0.2) is 121 Å². The fraction of sp³-hybridized carbons (Fsp3) is 0.111. The summed E-state index contributed by atoms with van der Waals surface area (Å²) in [6, 6.07) is 44.2. The normalized spacial score (nSPS) is 11.3. The maximum absolute atomic E-state index is 2.79. The summed E-state index contributed by atoms with van der Waals surface area (Å²) in [5.41, 5.74) is 0. The number of hydrogen-bond acceptors (Lipinski definition) is 1. The maximum Gasteiger partial charge on any atom is 0.0323 e. The second-order valence-electron chi connectivity index (χ2n) is 7.06. The quantitative estimate of drug-likeness (QED) is 0.322. The van der Waals surface area contributed by atoms with Crippen molar-refractivity contribution in [2.75, 3.05) is 6.54 Å². The highest BCUT2D eigenvalue weighted by atomic mass is 31.2. The van der Waals surface area contributed by atoms with Gasteiger partial charge in [0.05, 0.1) is 0 Å². The molecule has 4 rings (SSSR count). The molecule has 3 heteroatoms. The summed E-state index contributed by atoms with van der Waals surface area (Å²) >= 11 is 0. The van der Waals surface area contributed by atoms with Crippen LogP contribution >= 0.6 is 16.1 Å². The van der Waals surface area contributed by atoms with Gasteiger partial charge in [0, 0.05) is 22.7 Å². The molecule has 0 spiro atoms. The molecule has 0 saturated heterocycles. The zero-order valence-electron chi connectivity index (χ0n) is 17.3. The number of benzene rings is 4. The van der Waals surface area contributed by atoms with Crippen LogP contribution in [0, 0.1) is 0 Å². The van der Waals surface area contributed by atoms with Crippen LogP contribution in [0.1, 0.15) is 13.3 Å². The first-order chi connectivity index (χ1) is 14.9. The minimum absolute atomic E-state index is 0.645. The molecule has 0 fully saturated rings. The summed E-state index contributed by atoms with van der Waals surface area (Å²) in [5.74, 6) is 0. The number of rotatable bonds is 8. The van der Waals surface area contributed by atoms with Gasteiger partial charge in [-0.05, 0) is 27.6 Å². The molecule has 0 N–H and O–H groups in total. The molecule has 0 aliphatic carbocycles. The summed E-state index contributed by atoms with van der Waals surface area (Å²) in [6.07, 6.45) is 1.12. The highest BCUT2D eigenvalue weighted by Gasteiger charge is 2.30. The average molecular weight is 427 g/mol. The van der Waals surface area contributed by atoms with Gasteiger partial charge in [0.2, 0.25) is 0 Å². The van der Waals surface area contributed by atoms with E-state index in [1.54, 1.807) is 0 Å². The predicted octanol–water partition coefficient (Wildman–Crippen LogP) is 5.79. The van der Waals surface area contributed by atoms with Gasteiger partial charge in [-0.15, -0.1) is 0 Å². The van der Waals surface area contributed by atoms with Crippen molar-refractivity contribution in [2.24, 2.45) is 0 Å². The maximum atomic E-state index is 2.79. The predicted molar refractivity (Wildman–Crippen MR) is 135 cm³/mol. The van der Waals surface area contributed by atoms with E-state index >= 15 is 0 Å². The lowest BCUT2D eigenvalue weighted by atomic mass is 10.4. The topological polar surface area (TPSA) is 3.24 Å². The van der Waals surface area contributed by atoms with Crippen molar-refractivity contribution in [1.29, 1.82) is 0 Å². The largest absolute Gasteiger partial charge is 0.245 e. The molecule has 0 aliphatic heterocycles. The van der Waals surface area contributed by atoms with Gasteiger partial charge >= 0.3 is 0 Å². The van der Waals surface area contributed by atoms with Gasteiger partial charge in [-0.3, -0.25) is 0 Å². The van der Waals surface area contributed by atoms with Crippen LogP contribution in [0.4, 0.5) is 0 Å². The zero-order valence-corrected chi connectivity index (χ0v) is 19.1. The third-order valence-electron chi connectivity index (χ3n) is 4.89. The van der Waals surface area contributed by atoms with Crippen molar-refractivity contribution < 1.29 is 0 Å². The molecule has 0 radical (unpaired) electrons. The van der Waals surface area contributed by atoms with Crippen LogP contribution < -0.4 is 21.2 Å². The van der Waals surface area contributed by atoms with Gasteiger partial charge in [0.25, 0.3) is 0 Å². The second-order valence-corrected chi connectivity index (χ2v) is 11.7. The Balaban J connectivity index is 1.89. The Kier molecular flexibility index (Phi) is 7.44. The van der Waals surface area contributed by atoms with E-state index in [4.69, 9.17) is 0 Å². The van der Waals surface area contributed by atoms with Crippen molar-refractivity contribution in [2.45, 2.75) is 13.3 Å². The molecule has 0 saturated carbocycles. The third-order valence-corrected chi connectivity index (χ3v) is 10.4. The Hall–Kier alpha value is -2.30. The molecule has 0 unspecified atom stereocenters. The van der Waals surface area contributed by atoms with Crippen molar-refractivity contribution in [3.8, 4) is 0 Å². The minimum Gasteiger partial charge on any atom is -0.245 e. The molecule has 4 aromatic rings. The van der Waals surface area contributed by atoms with Gasteiger partial charge in [0.15, 0.2) is 0 Å². The van der Waals surface area contributed by atoms with E-state index in [0.717, 1.165) is 13.0 Å². The highest BCUT2D eigenvalue weighted by Crippen LogP contribution is 2.54. The van der Waals surface area contributed by atoms with Gasteiger partial charge < -0.3 is 0 Å². The van der Waals surface area contributed by atoms with Gasteiger partial charge in [0.1, 0.15) is 0 Å². The minimum atomic E-state index is -0.645. The molecule has 150 valence electrons. The summed E-state index contributed by atoms with van der Waals surface area (Å²) in [5, 5.41) is 5.64. The Bertz CT molecular complexity index is 846. The molecule has 4 aromatic carbocycles. The SMILES string of the molecule is CCCN(P(c1ccccc1)c1ccccc1)P(c1ccccc1)c1ccccc1. The Morgan fingerprint density at radius 1 is 0.467 bits per heavy atom. The van der Waals surface area contributed by atoms with Crippen LogP contribution in [-0.4, -0.2) is 11.0 Å². The summed E-state index contributed by atoms with van der Waals surface area (Å²) in [7, 11) is -1.29. The van der Waals surface area contributed by atoms with Gasteiger partial charge in [-0.2, -0.15) is 0 Å². The lowest BCUT2D eigenvalue weighted by molar-refractivity contribution is 0.690. The molecule has 0 heterocycles. The van der Waals surface area contributed by atoms with Crippen LogP contribution in [0.5, 0.6) is 0 Å². The first-order valence-corrected chi connectivity index (χ1v) is 13.0. The van der Waals surface area contributed by atoms with E-state index in [0.29, 0.717) is 0 Å². The van der Waals surface area contributed by atoms with Crippen molar-refractivity contribution >= 4 is 37.4 Å². The van der Waals surface area contributed by atoms with E-state index < -0.39 is 16.1 Å². The summed E-state index contributed by atoms with van der Waals surface area (Å²) < 4.78 is 2.79. The molecule has 1 nitrogen and oxygen atoms in total. The Labute approximate surface area is 183 Å². The van der Waals surface area contributed by atoms with E-state index in [-0.39, 0.29) is 0 Å². The van der Waals surface area contributed by atoms with E-state index in [9.17, 15) is 0 Å². The summed E-state index contributed by atoms with van der Waals surface area (Å²) in [6.45, 7) is 3.35. The highest BCUT2D eigenvalue weighted by molar-refractivity contribution is 7.84. The molecule has 0 aliphatic rings. The third kappa shape index (κ3) is 4.88. The van der Waals surface area contributed by atoms with Crippen LogP contribution in [0.3, 0.4) is 0 Å². The lowest BCUT2D eigenvalue weighted by Gasteiger charge is -2.39. The van der Waals surface area contributed by atoms with E-state index in [2.05, 4.69) is 133 Å². The fourth-order valence-electron chi connectivity index (χ4n) is 3.60. The van der Waals surface area contributed by atoms with Crippen molar-refractivity contribution in [3.63, 3.8) is 0 Å². The Morgan fingerprint density at radius 3 is 0.967 bits per heavy atom. The molecule has 0 bridgehead atoms. The van der Waals surface area contributed by atoms with Crippen LogP contribution in [0.2, 0.25) is 0 Å². The first kappa shape index (κ1) is 21.0. The molecular weight excluding hydrogens is 400 g/mol. The smallest absolute Gasteiger partial charge is 0.0323 e. The molecular formula is C27H27NP2. The summed E-state index contributed by atoms with van der Waals surface area (Å²) in [4.78, 5) is 0. The van der Waals surface area contributed by atoms with E-state index in [1.807, 2.05) is 0 Å². The Morgan fingerprint density at radius 2 is 0.733 bits per heavy atom. The number of nitrogens with zero attached hydrogens (tertiary/aromatic N) is 1. The second kappa shape index (κ2) is 10.6. The fourth-order valence-corrected chi connectivity index (χ4v) is 9.83. The standard InChI is InChI=1S/C27H27NP2/c1-2-23-28(29(24-15-7-3-8-16-24)25-17-9-4-10-18-25)30(26-19-11-5-12-20-26)27-21-13-6-14-22-27/h3-22H,2,23H2,1H3. The zero-order chi connectivity index (χ0) is 20.6. The van der Waals surface area contributed by atoms with Crippen LogP contribution in [-0.2, 0) is 0 Å². The lowest BCUT2D eigenvalue weighted by Crippen LogP contribution is -2.32. The van der Waals surface area contributed by atoms with E-state index in [1.165, 1.54) is 21.2 Å². The van der Waals surface area contributed by atoms with Crippen molar-refractivity contribution in [1.82, 2.24) is 4.44 Å².